The fourth-order valence-corrected chi connectivity index (χ4v) is 4.61. The Labute approximate surface area is 147 Å². The van der Waals surface area contributed by atoms with Gasteiger partial charge in [-0.25, -0.2) is 13.2 Å². The molecule has 25 heavy (non-hydrogen) atoms. The molecule has 1 fully saturated rings. The maximum atomic E-state index is 13.1. The summed E-state index contributed by atoms with van der Waals surface area (Å²) in [6.07, 6.45) is 4.59. The molecule has 2 aromatic rings. The van der Waals surface area contributed by atoms with Crippen molar-refractivity contribution >= 4 is 16.0 Å². The Morgan fingerprint density at radius 3 is 2.48 bits per heavy atom. The van der Waals surface area contributed by atoms with Crippen molar-refractivity contribution in [3.63, 3.8) is 0 Å². The lowest BCUT2D eigenvalue weighted by Crippen LogP contribution is -2.36. The molecule has 6 nitrogen and oxygen atoms in total. The lowest BCUT2D eigenvalue weighted by Gasteiger charge is -2.31. The highest BCUT2D eigenvalue weighted by atomic mass is 32.2. The van der Waals surface area contributed by atoms with Gasteiger partial charge in [-0.2, -0.15) is 4.31 Å². The standard InChI is InChI=1S/C18H22N2O4S/c1-19-13-16(10-17(19)18(21)22)25(23,24)20(12-15-8-5-9-15)11-14-6-3-2-4-7-14/h2-4,6-7,10,13,15H,5,8-9,11-12H2,1H3,(H,21,22). The van der Waals surface area contributed by atoms with Crippen molar-refractivity contribution in [1.82, 2.24) is 8.87 Å². The van der Waals surface area contributed by atoms with E-state index in [2.05, 4.69) is 0 Å². The molecule has 1 aliphatic rings. The molecular formula is C18H22N2O4S. The van der Waals surface area contributed by atoms with Crippen LogP contribution in [-0.4, -0.2) is 34.9 Å². The number of aryl methyl sites for hydroxylation is 1. The summed E-state index contributed by atoms with van der Waals surface area (Å²) in [5, 5.41) is 9.18. The van der Waals surface area contributed by atoms with Gasteiger partial charge in [-0.05, 0) is 30.4 Å². The van der Waals surface area contributed by atoms with Crippen LogP contribution in [0.4, 0.5) is 0 Å². The summed E-state index contributed by atoms with van der Waals surface area (Å²) in [4.78, 5) is 11.3. The minimum Gasteiger partial charge on any atom is -0.477 e. The van der Waals surface area contributed by atoms with E-state index in [1.54, 1.807) is 0 Å². The molecule has 7 heteroatoms. The molecule has 1 aromatic carbocycles. The summed E-state index contributed by atoms with van der Waals surface area (Å²) in [6, 6.07) is 10.7. The molecule has 134 valence electrons. The van der Waals surface area contributed by atoms with E-state index in [-0.39, 0.29) is 17.1 Å². The maximum Gasteiger partial charge on any atom is 0.352 e. The number of aromatic carboxylic acids is 1. The van der Waals surface area contributed by atoms with Crippen LogP contribution in [0.1, 0.15) is 35.3 Å². The van der Waals surface area contributed by atoms with Crippen LogP contribution in [0.3, 0.4) is 0 Å². The van der Waals surface area contributed by atoms with Gasteiger partial charge in [-0.3, -0.25) is 0 Å². The minimum atomic E-state index is -3.76. The smallest absolute Gasteiger partial charge is 0.352 e. The topological polar surface area (TPSA) is 79.6 Å². The Morgan fingerprint density at radius 2 is 1.96 bits per heavy atom. The number of nitrogens with zero attached hydrogens (tertiary/aromatic N) is 2. The molecule has 0 saturated heterocycles. The van der Waals surface area contributed by atoms with Crippen LogP contribution in [0.25, 0.3) is 0 Å². The zero-order chi connectivity index (χ0) is 18.0. The minimum absolute atomic E-state index is 0.0302. The van der Waals surface area contributed by atoms with Crippen molar-refractivity contribution in [2.24, 2.45) is 13.0 Å². The number of carboxylic acids is 1. The molecule has 1 N–H and O–H groups in total. The van der Waals surface area contributed by atoms with Gasteiger partial charge in [0, 0.05) is 26.3 Å². The number of carboxylic acid groups (broad SMARTS) is 1. The van der Waals surface area contributed by atoms with E-state index in [0.29, 0.717) is 12.5 Å². The number of rotatable bonds is 7. The largest absolute Gasteiger partial charge is 0.477 e. The van der Waals surface area contributed by atoms with Crippen molar-refractivity contribution in [2.75, 3.05) is 6.54 Å². The number of hydrogen-bond donors (Lipinski definition) is 1. The zero-order valence-corrected chi connectivity index (χ0v) is 14.9. The van der Waals surface area contributed by atoms with Gasteiger partial charge < -0.3 is 9.67 Å². The molecule has 0 amide bonds. The molecule has 0 unspecified atom stereocenters. The lowest BCUT2D eigenvalue weighted by atomic mass is 9.85. The summed E-state index contributed by atoms with van der Waals surface area (Å²) in [6.45, 7) is 0.755. The van der Waals surface area contributed by atoms with E-state index >= 15 is 0 Å². The third-order valence-electron chi connectivity index (χ3n) is 4.73. The molecule has 1 heterocycles. The Balaban J connectivity index is 1.92. The molecular weight excluding hydrogens is 340 g/mol. The van der Waals surface area contributed by atoms with E-state index in [1.165, 1.54) is 28.2 Å². The summed E-state index contributed by atoms with van der Waals surface area (Å²) < 4.78 is 29.1. The fourth-order valence-electron chi connectivity index (χ4n) is 3.04. The first kappa shape index (κ1) is 17.7. The highest BCUT2D eigenvalue weighted by molar-refractivity contribution is 7.89. The Hall–Kier alpha value is -2.12. The molecule has 0 radical (unpaired) electrons. The molecule has 0 aliphatic heterocycles. The zero-order valence-electron chi connectivity index (χ0n) is 14.1. The predicted molar refractivity (Wildman–Crippen MR) is 93.8 cm³/mol. The Morgan fingerprint density at radius 1 is 1.28 bits per heavy atom. The van der Waals surface area contributed by atoms with Gasteiger partial charge in [0.25, 0.3) is 0 Å². The van der Waals surface area contributed by atoms with Gasteiger partial charge in [0.15, 0.2) is 0 Å². The van der Waals surface area contributed by atoms with Gasteiger partial charge in [0.2, 0.25) is 10.0 Å². The average molecular weight is 362 g/mol. The van der Waals surface area contributed by atoms with Crippen LogP contribution in [0.5, 0.6) is 0 Å². The van der Waals surface area contributed by atoms with E-state index in [1.807, 2.05) is 30.3 Å². The molecule has 1 aromatic heterocycles. The Kier molecular flexibility index (Phi) is 4.96. The van der Waals surface area contributed by atoms with Crippen molar-refractivity contribution in [3.05, 3.63) is 53.9 Å². The van der Waals surface area contributed by atoms with E-state index in [9.17, 15) is 18.3 Å². The quantitative estimate of drug-likeness (QED) is 0.821. The first-order valence-electron chi connectivity index (χ1n) is 8.31. The van der Waals surface area contributed by atoms with Gasteiger partial charge in [-0.15, -0.1) is 0 Å². The number of hydrogen-bond acceptors (Lipinski definition) is 3. The molecule has 0 spiro atoms. The predicted octanol–water partition coefficient (Wildman–Crippen LogP) is 2.71. The number of benzene rings is 1. The molecule has 3 rings (SSSR count). The average Bonchev–Trinajstić information content (AvgIpc) is 2.93. The fraction of sp³-hybridized carbons (Fsp3) is 0.389. The second-order valence-corrected chi connectivity index (χ2v) is 8.50. The van der Waals surface area contributed by atoms with Crippen molar-refractivity contribution < 1.29 is 18.3 Å². The van der Waals surface area contributed by atoms with Crippen molar-refractivity contribution in [3.8, 4) is 0 Å². The maximum absolute atomic E-state index is 13.1. The monoisotopic (exact) mass is 362 g/mol. The van der Waals surface area contributed by atoms with Crippen LogP contribution in [0.15, 0.2) is 47.5 Å². The number of sulfonamides is 1. The van der Waals surface area contributed by atoms with E-state index in [0.717, 1.165) is 24.8 Å². The van der Waals surface area contributed by atoms with Crippen molar-refractivity contribution in [2.45, 2.75) is 30.7 Å². The highest BCUT2D eigenvalue weighted by Gasteiger charge is 2.31. The summed E-state index contributed by atoms with van der Waals surface area (Å²) in [5.74, 6) is -0.765. The SMILES string of the molecule is Cn1cc(S(=O)(=O)N(Cc2ccccc2)CC2CCC2)cc1C(=O)O. The van der Waals surface area contributed by atoms with E-state index < -0.39 is 16.0 Å². The molecule has 1 saturated carbocycles. The van der Waals surface area contributed by atoms with Crippen LogP contribution >= 0.6 is 0 Å². The van der Waals surface area contributed by atoms with E-state index in [4.69, 9.17) is 0 Å². The third kappa shape index (κ3) is 3.77. The number of aromatic nitrogens is 1. The second-order valence-electron chi connectivity index (χ2n) is 6.56. The molecule has 0 bridgehead atoms. The van der Waals surface area contributed by atoms with Crippen LogP contribution < -0.4 is 0 Å². The summed E-state index contributed by atoms with van der Waals surface area (Å²) in [5.41, 5.74) is 0.877. The second kappa shape index (κ2) is 7.01. The summed E-state index contributed by atoms with van der Waals surface area (Å²) in [7, 11) is -2.22. The number of carbonyl (C=O) groups is 1. The van der Waals surface area contributed by atoms with Crippen LogP contribution in [0.2, 0.25) is 0 Å². The van der Waals surface area contributed by atoms with Crippen molar-refractivity contribution in [1.29, 1.82) is 0 Å². The Bertz CT molecular complexity index is 854. The van der Waals surface area contributed by atoms with Gasteiger partial charge in [0.05, 0.1) is 0 Å². The highest BCUT2D eigenvalue weighted by Crippen LogP contribution is 2.30. The molecule has 1 aliphatic carbocycles. The molecule has 0 atom stereocenters. The first-order chi connectivity index (χ1) is 11.9. The van der Waals surface area contributed by atoms with Crippen LogP contribution in [0, 0.1) is 5.92 Å². The third-order valence-corrected chi connectivity index (χ3v) is 6.50. The normalized spacial score (nSPS) is 15.3. The first-order valence-corrected chi connectivity index (χ1v) is 9.75. The summed E-state index contributed by atoms with van der Waals surface area (Å²) >= 11 is 0. The van der Waals surface area contributed by atoms with Crippen LogP contribution in [-0.2, 0) is 23.6 Å². The van der Waals surface area contributed by atoms with Gasteiger partial charge >= 0.3 is 5.97 Å². The van der Waals surface area contributed by atoms with Gasteiger partial charge in [0.1, 0.15) is 10.6 Å². The lowest BCUT2D eigenvalue weighted by molar-refractivity contribution is 0.0686. The van der Waals surface area contributed by atoms with Gasteiger partial charge in [-0.1, -0.05) is 36.8 Å².